The van der Waals surface area contributed by atoms with Crippen LogP contribution in [0.2, 0.25) is 0 Å². The summed E-state index contributed by atoms with van der Waals surface area (Å²) in [6.45, 7) is 3.75. The maximum absolute atomic E-state index is 12.7. The van der Waals surface area contributed by atoms with E-state index in [2.05, 4.69) is 30.9 Å². The summed E-state index contributed by atoms with van der Waals surface area (Å²) in [5.74, 6) is 0.222. The fraction of sp³-hybridized carbons (Fsp3) is 0.176. The number of methoxy groups -OCH3 is 1. The molecule has 0 saturated heterocycles. The number of anilines is 1. The zero-order chi connectivity index (χ0) is 19.0. The number of tetrazole rings is 1. The minimum atomic E-state index is -0.338. The second-order valence-corrected chi connectivity index (χ2v) is 5.97. The van der Waals surface area contributed by atoms with E-state index in [0.717, 1.165) is 11.4 Å². The van der Waals surface area contributed by atoms with E-state index < -0.39 is 0 Å². The lowest BCUT2D eigenvalue weighted by Crippen LogP contribution is -2.15. The maximum atomic E-state index is 12.7. The van der Waals surface area contributed by atoms with E-state index in [0.29, 0.717) is 28.5 Å². The summed E-state index contributed by atoms with van der Waals surface area (Å²) >= 11 is 0. The summed E-state index contributed by atoms with van der Waals surface area (Å²) in [7, 11) is 1.55. The highest BCUT2D eigenvalue weighted by Gasteiger charge is 2.14. The van der Waals surface area contributed by atoms with Crippen LogP contribution in [0.3, 0.4) is 0 Å². The molecule has 4 aromatic rings. The third kappa shape index (κ3) is 3.19. The molecule has 136 valence electrons. The predicted octanol–water partition coefficient (Wildman–Crippen LogP) is 1.58. The van der Waals surface area contributed by atoms with E-state index in [4.69, 9.17) is 4.74 Å². The first-order chi connectivity index (χ1) is 13.0. The number of carbonyl (C=O) groups excluding carboxylic acids is 1. The molecule has 10 nitrogen and oxygen atoms in total. The number of nitrogens with zero attached hydrogens (tertiary/aromatic N) is 7. The van der Waals surface area contributed by atoms with Gasteiger partial charge in [0, 0.05) is 29.6 Å². The highest BCUT2D eigenvalue weighted by molar-refractivity contribution is 6.03. The molecular formula is C17H16N8O2. The molecule has 0 aliphatic heterocycles. The van der Waals surface area contributed by atoms with E-state index in [-0.39, 0.29) is 5.91 Å². The Bertz CT molecular complexity index is 1130. The standard InChI is InChI=1S/C17H16N8O2/c1-10-4-16-20-15(5-11(2)25(16)21-10)17(26)19-12-6-13(8-14(7-12)27-3)24-9-18-22-23-24/h4-9H,1-3H3,(H,19,26). The number of aryl methyl sites for hydroxylation is 2. The van der Waals surface area contributed by atoms with Crippen molar-refractivity contribution in [2.24, 2.45) is 0 Å². The van der Waals surface area contributed by atoms with Gasteiger partial charge in [0.15, 0.2) is 5.65 Å². The molecule has 27 heavy (non-hydrogen) atoms. The Morgan fingerprint density at radius 2 is 2.00 bits per heavy atom. The lowest BCUT2D eigenvalue weighted by Gasteiger charge is -2.10. The van der Waals surface area contributed by atoms with Gasteiger partial charge in [0.25, 0.3) is 5.91 Å². The number of nitrogens with one attached hydrogen (secondary N) is 1. The Morgan fingerprint density at radius 3 is 2.74 bits per heavy atom. The molecule has 0 aliphatic carbocycles. The lowest BCUT2D eigenvalue weighted by atomic mass is 10.2. The number of hydrogen-bond acceptors (Lipinski definition) is 7. The molecule has 0 atom stereocenters. The minimum absolute atomic E-state index is 0.298. The number of rotatable bonds is 4. The van der Waals surface area contributed by atoms with Crippen molar-refractivity contribution >= 4 is 17.2 Å². The largest absolute Gasteiger partial charge is 0.497 e. The lowest BCUT2D eigenvalue weighted by molar-refractivity contribution is 0.102. The van der Waals surface area contributed by atoms with Gasteiger partial charge < -0.3 is 10.1 Å². The van der Waals surface area contributed by atoms with Crippen LogP contribution in [0.25, 0.3) is 11.3 Å². The van der Waals surface area contributed by atoms with Gasteiger partial charge in [-0.25, -0.2) is 14.2 Å². The van der Waals surface area contributed by atoms with Gasteiger partial charge in [-0.15, -0.1) is 5.10 Å². The second kappa shape index (κ2) is 6.48. The average molecular weight is 364 g/mol. The van der Waals surface area contributed by atoms with Crippen LogP contribution in [0.5, 0.6) is 5.75 Å². The molecule has 0 spiro atoms. The highest BCUT2D eigenvalue weighted by Crippen LogP contribution is 2.23. The van der Waals surface area contributed by atoms with E-state index in [1.807, 2.05) is 19.9 Å². The molecule has 4 rings (SSSR count). The van der Waals surface area contributed by atoms with Crippen LogP contribution in [0.4, 0.5) is 5.69 Å². The quantitative estimate of drug-likeness (QED) is 0.585. The van der Waals surface area contributed by atoms with Crippen LogP contribution in [0.15, 0.2) is 36.7 Å². The minimum Gasteiger partial charge on any atom is -0.497 e. The van der Waals surface area contributed by atoms with Crippen molar-refractivity contribution in [1.82, 2.24) is 34.8 Å². The van der Waals surface area contributed by atoms with Crippen molar-refractivity contribution in [3.63, 3.8) is 0 Å². The Hall–Kier alpha value is -3.82. The molecule has 0 aliphatic rings. The molecular weight excluding hydrogens is 348 g/mol. The molecule has 10 heteroatoms. The molecule has 3 aromatic heterocycles. The number of fused-ring (bicyclic) bond motifs is 1. The fourth-order valence-corrected chi connectivity index (χ4v) is 2.74. The maximum Gasteiger partial charge on any atom is 0.274 e. The van der Waals surface area contributed by atoms with Gasteiger partial charge in [-0.3, -0.25) is 4.79 Å². The van der Waals surface area contributed by atoms with Gasteiger partial charge in [0.1, 0.15) is 17.8 Å². The highest BCUT2D eigenvalue weighted by atomic mass is 16.5. The van der Waals surface area contributed by atoms with Gasteiger partial charge >= 0.3 is 0 Å². The van der Waals surface area contributed by atoms with Gasteiger partial charge in [-0.2, -0.15) is 5.10 Å². The van der Waals surface area contributed by atoms with Gasteiger partial charge in [-0.05, 0) is 36.4 Å². The van der Waals surface area contributed by atoms with Crippen molar-refractivity contribution in [2.75, 3.05) is 12.4 Å². The fourth-order valence-electron chi connectivity index (χ4n) is 2.74. The summed E-state index contributed by atoms with van der Waals surface area (Å²) in [5, 5.41) is 18.3. The van der Waals surface area contributed by atoms with Crippen LogP contribution >= 0.6 is 0 Å². The van der Waals surface area contributed by atoms with Crippen molar-refractivity contribution < 1.29 is 9.53 Å². The second-order valence-electron chi connectivity index (χ2n) is 5.97. The monoisotopic (exact) mass is 364 g/mol. The number of hydrogen-bond donors (Lipinski definition) is 1. The van der Waals surface area contributed by atoms with Crippen LogP contribution in [-0.2, 0) is 0 Å². The number of amides is 1. The van der Waals surface area contributed by atoms with Crippen LogP contribution in [0, 0.1) is 13.8 Å². The molecule has 0 fully saturated rings. The van der Waals surface area contributed by atoms with Gasteiger partial charge in [0.05, 0.1) is 18.5 Å². The number of benzene rings is 1. The Kier molecular flexibility index (Phi) is 3.99. The Morgan fingerprint density at radius 1 is 1.15 bits per heavy atom. The number of carbonyl (C=O) groups is 1. The number of aromatic nitrogens is 7. The molecule has 1 aromatic carbocycles. The smallest absolute Gasteiger partial charge is 0.274 e. The molecule has 0 saturated carbocycles. The first kappa shape index (κ1) is 16.6. The van der Waals surface area contributed by atoms with Crippen LogP contribution in [0.1, 0.15) is 21.9 Å². The Labute approximate surface area is 153 Å². The van der Waals surface area contributed by atoms with Gasteiger partial charge in [0.2, 0.25) is 0 Å². The first-order valence-electron chi connectivity index (χ1n) is 8.11. The van der Waals surface area contributed by atoms with Crippen LogP contribution < -0.4 is 10.1 Å². The third-order valence-corrected chi connectivity index (χ3v) is 3.96. The van der Waals surface area contributed by atoms with Crippen molar-refractivity contribution in [1.29, 1.82) is 0 Å². The van der Waals surface area contributed by atoms with Gasteiger partial charge in [-0.1, -0.05) is 0 Å². The molecule has 0 bridgehead atoms. The third-order valence-electron chi connectivity index (χ3n) is 3.96. The Balaban J connectivity index is 1.67. The van der Waals surface area contributed by atoms with Crippen molar-refractivity contribution in [3.8, 4) is 11.4 Å². The normalized spacial score (nSPS) is 10.9. The van der Waals surface area contributed by atoms with E-state index >= 15 is 0 Å². The number of ether oxygens (including phenoxy) is 1. The summed E-state index contributed by atoms with van der Waals surface area (Å²) in [4.78, 5) is 17.1. The summed E-state index contributed by atoms with van der Waals surface area (Å²) < 4.78 is 8.48. The van der Waals surface area contributed by atoms with Crippen molar-refractivity contribution in [3.05, 3.63) is 53.7 Å². The van der Waals surface area contributed by atoms with Crippen LogP contribution in [-0.4, -0.2) is 47.8 Å². The average Bonchev–Trinajstić information content (AvgIpc) is 3.30. The molecule has 0 unspecified atom stereocenters. The topological polar surface area (TPSA) is 112 Å². The molecule has 3 heterocycles. The molecule has 1 amide bonds. The predicted molar refractivity (Wildman–Crippen MR) is 96.1 cm³/mol. The molecule has 0 radical (unpaired) electrons. The summed E-state index contributed by atoms with van der Waals surface area (Å²) in [6, 6.07) is 8.73. The molecule has 1 N–H and O–H groups in total. The van der Waals surface area contributed by atoms with E-state index in [1.165, 1.54) is 11.0 Å². The summed E-state index contributed by atoms with van der Waals surface area (Å²) in [5.41, 5.74) is 3.76. The zero-order valence-electron chi connectivity index (χ0n) is 14.9. The SMILES string of the molecule is COc1cc(NC(=O)c2cc(C)n3nc(C)cc3n2)cc(-n2cnnn2)c1. The van der Waals surface area contributed by atoms with E-state index in [1.54, 1.807) is 35.9 Å². The van der Waals surface area contributed by atoms with E-state index in [9.17, 15) is 4.79 Å². The zero-order valence-corrected chi connectivity index (χ0v) is 14.9. The van der Waals surface area contributed by atoms with Crippen molar-refractivity contribution in [2.45, 2.75) is 13.8 Å². The first-order valence-corrected chi connectivity index (χ1v) is 8.11. The summed E-state index contributed by atoms with van der Waals surface area (Å²) in [6.07, 6.45) is 1.46.